The minimum atomic E-state index is 0.548. The molecule has 318 valence electrons. The molecular weight excluding hydrogens is 827 g/mol. The second-order valence-corrected chi connectivity index (χ2v) is 17.2. The Bertz CT molecular complexity index is 3980. The monoisotopic (exact) mass is 867 g/mol. The molecule has 0 unspecified atom stereocenters. The van der Waals surface area contributed by atoms with Gasteiger partial charge in [-0.2, -0.15) is 9.97 Å². The summed E-state index contributed by atoms with van der Waals surface area (Å²) in [6, 6.07) is 88.2. The molecule has 0 atom stereocenters. The highest BCUT2D eigenvalue weighted by Gasteiger charge is 2.24. The summed E-state index contributed by atoms with van der Waals surface area (Å²) in [5, 5.41) is 4.56. The summed E-state index contributed by atoms with van der Waals surface area (Å²) in [7, 11) is 0. The molecular formula is C63H41N5. The number of hydrogen-bond acceptors (Lipinski definition) is 3. The third-order valence-corrected chi connectivity index (χ3v) is 13.2. The van der Waals surface area contributed by atoms with Crippen molar-refractivity contribution >= 4 is 43.6 Å². The molecule has 0 saturated heterocycles. The number of para-hydroxylation sites is 3. The smallest absolute Gasteiger partial charge is 0.238 e. The van der Waals surface area contributed by atoms with E-state index < -0.39 is 0 Å². The van der Waals surface area contributed by atoms with Crippen LogP contribution < -0.4 is 0 Å². The first-order valence-corrected chi connectivity index (χ1v) is 23.0. The lowest BCUT2D eigenvalue weighted by atomic mass is 9.99. The summed E-state index contributed by atoms with van der Waals surface area (Å²) in [6.45, 7) is 0. The van der Waals surface area contributed by atoms with Crippen molar-refractivity contribution in [1.82, 2.24) is 24.1 Å². The summed E-state index contributed by atoms with van der Waals surface area (Å²) < 4.78 is 4.72. The van der Waals surface area contributed by atoms with Crippen molar-refractivity contribution in [3.8, 4) is 78.9 Å². The Hall–Kier alpha value is -9.19. The fourth-order valence-electron chi connectivity index (χ4n) is 9.98. The molecule has 10 aromatic carbocycles. The van der Waals surface area contributed by atoms with Crippen LogP contribution in [0.15, 0.2) is 249 Å². The number of nitrogens with zero attached hydrogens (tertiary/aromatic N) is 5. The largest absolute Gasteiger partial charge is 0.307 e. The van der Waals surface area contributed by atoms with Crippen molar-refractivity contribution in [3.05, 3.63) is 249 Å². The van der Waals surface area contributed by atoms with Crippen LogP contribution in [0.25, 0.3) is 123 Å². The number of hydrogen-bond donors (Lipinski definition) is 0. The second-order valence-electron chi connectivity index (χ2n) is 17.2. The second kappa shape index (κ2) is 16.4. The maximum Gasteiger partial charge on any atom is 0.238 e. The van der Waals surface area contributed by atoms with Crippen LogP contribution in [-0.4, -0.2) is 24.1 Å². The molecule has 3 aromatic heterocycles. The molecule has 13 rings (SSSR count). The van der Waals surface area contributed by atoms with Gasteiger partial charge in [0.25, 0.3) is 0 Å². The zero-order chi connectivity index (χ0) is 45.0. The summed E-state index contributed by atoms with van der Waals surface area (Å²) in [4.78, 5) is 16.1. The van der Waals surface area contributed by atoms with Gasteiger partial charge in [-0.25, -0.2) is 4.98 Å². The Morgan fingerprint density at radius 2 is 0.662 bits per heavy atom. The summed E-state index contributed by atoms with van der Waals surface area (Å²) in [5.74, 6) is 1.75. The lowest BCUT2D eigenvalue weighted by Gasteiger charge is -2.16. The predicted octanol–water partition coefficient (Wildman–Crippen LogP) is 16.1. The highest BCUT2D eigenvalue weighted by molar-refractivity contribution is 6.24. The first kappa shape index (κ1) is 39.2. The van der Waals surface area contributed by atoms with E-state index in [1.54, 1.807) is 0 Å². The van der Waals surface area contributed by atoms with Crippen LogP contribution in [0.4, 0.5) is 0 Å². The van der Waals surface area contributed by atoms with Crippen LogP contribution in [0, 0.1) is 0 Å². The van der Waals surface area contributed by atoms with E-state index in [9.17, 15) is 0 Å². The van der Waals surface area contributed by atoms with Gasteiger partial charge in [-0.15, -0.1) is 0 Å². The fraction of sp³-hybridized carbons (Fsp3) is 0. The Kier molecular flexibility index (Phi) is 9.43. The van der Waals surface area contributed by atoms with Gasteiger partial charge in [0.15, 0.2) is 11.6 Å². The highest BCUT2D eigenvalue weighted by Crippen LogP contribution is 2.43. The van der Waals surface area contributed by atoms with E-state index in [2.05, 4.69) is 234 Å². The molecule has 0 radical (unpaired) electrons. The minimum Gasteiger partial charge on any atom is -0.307 e. The molecule has 0 spiro atoms. The molecule has 0 saturated carbocycles. The molecule has 3 heterocycles. The topological polar surface area (TPSA) is 48.5 Å². The van der Waals surface area contributed by atoms with E-state index in [4.69, 9.17) is 15.0 Å². The van der Waals surface area contributed by atoms with Crippen molar-refractivity contribution in [1.29, 1.82) is 0 Å². The molecule has 0 N–H and O–H groups in total. The van der Waals surface area contributed by atoms with Crippen LogP contribution in [0.5, 0.6) is 0 Å². The molecule has 0 aliphatic heterocycles. The van der Waals surface area contributed by atoms with Gasteiger partial charge in [-0.05, 0) is 63.2 Å². The van der Waals surface area contributed by atoms with Gasteiger partial charge in [-0.3, -0.25) is 4.57 Å². The van der Waals surface area contributed by atoms with Crippen molar-refractivity contribution in [3.63, 3.8) is 0 Å². The average Bonchev–Trinajstić information content (AvgIpc) is 3.95. The van der Waals surface area contributed by atoms with E-state index >= 15 is 0 Å². The van der Waals surface area contributed by atoms with E-state index in [1.165, 1.54) is 27.6 Å². The minimum absolute atomic E-state index is 0.548. The normalized spacial score (nSPS) is 11.5. The molecule has 0 aliphatic carbocycles. The first-order chi connectivity index (χ1) is 33.7. The van der Waals surface area contributed by atoms with Crippen LogP contribution in [0.3, 0.4) is 0 Å². The molecule has 0 aliphatic rings. The maximum atomic E-state index is 5.45. The molecule has 0 fully saturated rings. The van der Waals surface area contributed by atoms with Gasteiger partial charge in [0.05, 0.1) is 27.8 Å². The van der Waals surface area contributed by atoms with Gasteiger partial charge in [-0.1, -0.05) is 224 Å². The van der Waals surface area contributed by atoms with Crippen molar-refractivity contribution in [2.75, 3.05) is 0 Å². The number of rotatable bonds is 8. The SMILES string of the molecule is c1ccc(-c2ccc(-c3cccc(-c4nc(-c5ccccc5)nc(-n5c6ccccc6c6ccc7c8ccccc8n(-c8ccccc8-c8ccc(-c9ccccc9)cc8)c7c65)n4)c3)cc2)cc1. The van der Waals surface area contributed by atoms with E-state index in [0.29, 0.717) is 17.6 Å². The average molecular weight is 868 g/mol. The maximum absolute atomic E-state index is 5.45. The molecule has 5 nitrogen and oxygen atoms in total. The molecule has 5 heteroatoms. The van der Waals surface area contributed by atoms with Gasteiger partial charge in [0.2, 0.25) is 5.95 Å². The first-order valence-electron chi connectivity index (χ1n) is 23.0. The van der Waals surface area contributed by atoms with Gasteiger partial charge in [0.1, 0.15) is 0 Å². The standard InChI is InChI=1S/C63H41N5/c1-4-17-42(18-5-1)44-31-33-46(34-32-44)49-23-16-24-50(41-49)62-64-61(48-21-8-3-9-22-48)65-63(66-62)68-58-30-15-12-27-53(58)55-40-39-54-52-26-11-14-29-57(52)67(59(54)60(55)68)56-28-13-10-25-51(56)47-37-35-45(36-38-47)43-19-6-2-7-20-43/h1-41H. The molecule has 68 heavy (non-hydrogen) atoms. The van der Waals surface area contributed by atoms with E-state index in [-0.39, 0.29) is 0 Å². The zero-order valence-corrected chi connectivity index (χ0v) is 36.9. The van der Waals surface area contributed by atoms with Crippen LogP contribution in [0.2, 0.25) is 0 Å². The highest BCUT2D eigenvalue weighted by atomic mass is 15.2. The quantitative estimate of drug-likeness (QED) is 0.153. The van der Waals surface area contributed by atoms with Crippen LogP contribution in [-0.2, 0) is 0 Å². The third-order valence-electron chi connectivity index (χ3n) is 13.2. The Morgan fingerprint density at radius 1 is 0.250 bits per heavy atom. The molecule has 13 aromatic rings. The van der Waals surface area contributed by atoms with Gasteiger partial charge in [0, 0.05) is 38.2 Å². The Balaban J connectivity index is 1.04. The van der Waals surface area contributed by atoms with E-state index in [0.717, 1.165) is 77.3 Å². The molecule has 0 bridgehead atoms. The van der Waals surface area contributed by atoms with Crippen molar-refractivity contribution in [2.24, 2.45) is 0 Å². The Morgan fingerprint density at radius 3 is 1.26 bits per heavy atom. The number of benzene rings is 10. The van der Waals surface area contributed by atoms with Crippen LogP contribution in [0.1, 0.15) is 0 Å². The summed E-state index contributed by atoms with van der Waals surface area (Å²) >= 11 is 0. The van der Waals surface area contributed by atoms with Crippen molar-refractivity contribution in [2.45, 2.75) is 0 Å². The van der Waals surface area contributed by atoms with Crippen molar-refractivity contribution < 1.29 is 0 Å². The number of aromatic nitrogens is 5. The molecule has 0 amide bonds. The van der Waals surface area contributed by atoms with E-state index in [1.807, 2.05) is 24.3 Å². The Labute approximate surface area is 393 Å². The van der Waals surface area contributed by atoms with Crippen LogP contribution >= 0.6 is 0 Å². The predicted molar refractivity (Wildman–Crippen MR) is 281 cm³/mol. The number of fused-ring (bicyclic) bond motifs is 7. The fourth-order valence-corrected chi connectivity index (χ4v) is 9.98. The summed E-state index contributed by atoms with van der Waals surface area (Å²) in [6.07, 6.45) is 0. The summed E-state index contributed by atoms with van der Waals surface area (Å²) in [5.41, 5.74) is 16.4. The van der Waals surface area contributed by atoms with Gasteiger partial charge >= 0.3 is 0 Å². The van der Waals surface area contributed by atoms with Gasteiger partial charge < -0.3 is 4.57 Å². The third kappa shape index (κ3) is 6.68. The zero-order valence-electron chi connectivity index (χ0n) is 36.9. The lowest BCUT2D eigenvalue weighted by molar-refractivity contribution is 0.953. The lowest BCUT2D eigenvalue weighted by Crippen LogP contribution is -2.07.